The van der Waals surface area contributed by atoms with Gasteiger partial charge in [0.2, 0.25) is 11.8 Å². The highest BCUT2D eigenvalue weighted by Gasteiger charge is 2.44. The zero-order chi connectivity index (χ0) is 32.4. The molecule has 1 aliphatic rings. The maximum absolute atomic E-state index is 12.4. The Balaban J connectivity index is 0.000000236. The van der Waals surface area contributed by atoms with E-state index in [1.165, 1.54) is 43.9 Å². The molecule has 0 fully saturated rings. The third kappa shape index (κ3) is 7.29. The molecule has 1 heterocycles. The molecule has 12 heteroatoms. The minimum atomic E-state index is -3.55. The fourth-order valence-corrected chi connectivity index (χ4v) is 8.66. The molecule has 2 N–H and O–H groups in total. The van der Waals surface area contributed by atoms with Gasteiger partial charge in [-0.1, -0.05) is 30.3 Å². The summed E-state index contributed by atoms with van der Waals surface area (Å²) >= 11 is 1.46. The summed E-state index contributed by atoms with van der Waals surface area (Å²) in [4.78, 5) is 30.4. The number of amides is 2. The molecule has 0 unspecified atom stereocenters. The first-order valence-electron chi connectivity index (χ1n) is 14.4. The smallest absolute Gasteiger partial charge is 0.247 e. The van der Waals surface area contributed by atoms with E-state index < -0.39 is 51.5 Å². The Morgan fingerprint density at radius 3 is 1.81 bits per heavy atom. The highest BCUT2D eigenvalue weighted by atomic mass is 32.2. The molecule has 2 amide bonds. The summed E-state index contributed by atoms with van der Waals surface area (Å²) in [6, 6.07) is 13.3. The van der Waals surface area contributed by atoms with E-state index in [1.54, 1.807) is 33.8 Å². The Morgan fingerprint density at radius 1 is 0.767 bits per heavy atom. The summed E-state index contributed by atoms with van der Waals surface area (Å²) in [6.45, 7) is 12.1. The second kappa shape index (κ2) is 13.0. The molecule has 0 saturated heterocycles. The zero-order valence-corrected chi connectivity index (χ0v) is 28.6. The third-order valence-corrected chi connectivity index (χ3v) is 14.6. The molecule has 0 radical (unpaired) electrons. The van der Waals surface area contributed by atoms with Crippen molar-refractivity contribution in [2.75, 3.05) is 10.6 Å². The maximum Gasteiger partial charge on any atom is 0.247 e. The molecular weight excluding hydrogens is 607 g/mol. The van der Waals surface area contributed by atoms with Crippen molar-refractivity contribution in [2.45, 2.75) is 101 Å². The molecule has 1 aromatic heterocycles. The highest BCUT2D eigenvalue weighted by molar-refractivity contribution is 7.94. The van der Waals surface area contributed by atoms with E-state index in [1.807, 2.05) is 36.4 Å². The molecule has 0 saturated carbocycles. The maximum atomic E-state index is 12.4. The van der Waals surface area contributed by atoms with Gasteiger partial charge in [-0.2, -0.15) is 0 Å². The van der Waals surface area contributed by atoms with E-state index in [0.29, 0.717) is 10.8 Å². The predicted octanol–water partition coefficient (Wildman–Crippen LogP) is 5.94. The van der Waals surface area contributed by atoms with E-state index in [-0.39, 0.29) is 0 Å². The Hall–Kier alpha value is -2.83. The zero-order valence-electron chi connectivity index (χ0n) is 26.1. The number of thiazole rings is 1. The Kier molecular flexibility index (Phi) is 10.5. The standard InChI is InChI=1S/C17H21NO3S.C14H22N2O3S2/c1-12(2)22(20,21)17(3,4)16(19)18-15-10-9-13-7-5-6-8-14(13)11-15;1-9(2)21(18,19)14(3,4)12(17)16-13-15-10-7-5-6-8-11(10)20-13/h5-12H,1-4H3,(H,18,19);9H,5-8H2,1-4H3,(H,15,16,17). The van der Waals surface area contributed by atoms with Crippen LogP contribution < -0.4 is 10.6 Å². The van der Waals surface area contributed by atoms with Crippen LogP contribution in [0.1, 0.15) is 78.8 Å². The molecule has 0 spiro atoms. The number of aromatic nitrogens is 1. The molecule has 2 aromatic carbocycles. The minimum Gasteiger partial charge on any atom is -0.325 e. The molecule has 43 heavy (non-hydrogen) atoms. The Morgan fingerprint density at radius 2 is 1.28 bits per heavy atom. The normalized spacial score (nSPS) is 14.2. The van der Waals surface area contributed by atoms with Crippen LogP contribution in [0.2, 0.25) is 0 Å². The van der Waals surface area contributed by atoms with Crippen molar-refractivity contribution < 1.29 is 26.4 Å². The van der Waals surface area contributed by atoms with Crippen LogP contribution in [0.15, 0.2) is 42.5 Å². The number of nitrogens with one attached hydrogen (secondary N) is 2. The molecule has 0 atom stereocenters. The average molecular weight is 650 g/mol. The van der Waals surface area contributed by atoms with Crippen LogP contribution in [0, 0.1) is 0 Å². The topological polar surface area (TPSA) is 139 Å². The van der Waals surface area contributed by atoms with Gasteiger partial charge in [0.1, 0.15) is 9.49 Å². The number of benzene rings is 2. The number of hydrogen-bond acceptors (Lipinski definition) is 8. The van der Waals surface area contributed by atoms with Gasteiger partial charge >= 0.3 is 0 Å². The minimum absolute atomic E-state index is 0.512. The molecule has 4 rings (SSSR count). The van der Waals surface area contributed by atoms with Crippen molar-refractivity contribution in [1.29, 1.82) is 0 Å². The monoisotopic (exact) mass is 649 g/mol. The fourth-order valence-electron chi connectivity index (χ4n) is 4.64. The molecule has 0 bridgehead atoms. The van der Waals surface area contributed by atoms with Gasteiger partial charge in [0, 0.05) is 10.6 Å². The Labute approximate surface area is 259 Å². The van der Waals surface area contributed by atoms with Crippen LogP contribution >= 0.6 is 11.3 Å². The second-order valence-corrected chi connectivity index (χ2v) is 19.5. The molecule has 1 aliphatic carbocycles. The van der Waals surface area contributed by atoms with Gasteiger partial charge in [0.25, 0.3) is 0 Å². The van der Waals surface area contributed by atoms with Crippen LogP contribution in [0.25, 0.3) is 10.8 Å². The van der Waals surface area contributed by atoms with E-state index >= 15 is 0 Å². The quantitative estimate of drug-likeness (QED) is 0.308. The first-order valence-corrected chi connectivity index (χ1v) is 18.3. The second-order valence-electron chi connectivity index (χ2n) is 12.3. The fraction of sp³-hybridized carbons (Fsp3) is 0.516. The van der Waals surface area contributed by atoms with Gasteiger partial charge in [0.15, 0.2) is 24.8 Å². The van der Waals surface area contributed by atoms with Crippen LogP contribution in [0.5, 0.6) is 0 Å². The Bertz CT molecular complexity index is 1680. The molecule has 3 aromatic rings. The lowest BCUT2D eigenvalue weighted by atomic mass is 10.0. The van der Waals surface area contributed by atoms with Crippen molar-refractivity contribution in [1.82, 2.24) is 4.98 Å². The van der Waals surface area contributed by atoms with Gasteiger partial charge in [-0.05, 0) is 104 Å². The lowest BCUT2D eigenvalue weighted by molar-refractivity contribution is -0.118. The number of nitrogens with zero attached hydrogens (tertiary/aromatic N) is 1. The van der Waals surface area contributed by atoms with Crippen molar-refractivity contribution in [3.05, 3.63) is 53.0 Å². The van der Waals surface area contributed by atoms with E-state index in [9.17, 15) is 26.4 Å². The number of anilines is 2. The van der Waals surface area contributed by atoms with Crippen molar-refractivity contribution >= 4 is 64.4 Å². The van der Waals surface area contributed by atoms with Crippen molar-refractivity contribution in [3.63, 3.8) is 0 Å². The van der Waals surface area contributed by atoms with E-state index in [2.05, 4.69) is 15.6 Å². The average Bonchev–Trinajstić information content (AvgIpc) is 3.35. The third-order valence-electron chi connectivity index (χ3n) is 7.83. The number of rotatable bonds is 8. The lowest BCUT2D eigenvalue weighted by Gasteiger charge is -2.26. The van der Waals surface area contributed by atoms with Gasteiger partial charge in [-0.15, -0.1) is 11.3 Å². The summed E-state index contributed by atoms with van der Waals surface area (Å²) in [5, 5.41) is 6.77. The number of aryl methyl sites for hydroxylation is 2. The largest absolute Gasteiger partial charge is 0.325 e. The van der Waals surface area contributed by atoms with Crippen molar-refractivity contribution in [2.24, 2.45) is 0 Å². The van der Waals surface area contributed by atoms with E-state index in [0.717, 1.165) is 42.1 Å². The number of carbonyl (C=O) groups is 2. The highest BCUT2D eigenvalue weighted by Crippen LogP contribution is 2.31. The first kappa shape index (κ1) is 34.7. The van der Waals surface area contributed by atoms with E-state index in [4.69, 9.17) is 0 Å². The molecule has 236 valence electrons. The number of carbonyl (C=O) groups excluding carboxylic acids is 2. The predicted molar refractivity (Wildman–Crippen MR) is 176 cm³/mol. The lowest BCUT2D eigenvalue weighted by Crippen LogP contribution is -2.47. The van der Waals surface area contributed by atoms with Crippen LogP contribution in [-0.2, 0) is 42.1 Å². The van der Waals surface area contributed by atoms with Crippen LogP contribution in [-0.4, -0.2) is 53.6 Å². The number of sulfone groups is 2. The van der Waals surface area contributed by atoms with Gasteiger partial charge in [-0.25, -0.2) is 21.8 Å². The summed E-state index contributed by atoms with van der Waals surface area (Å²) < 4.78 is 46.3. The molecular formula is C31H43N3O6S3. The van der Waals surface area contributed by atoms with Gasteiger partial charge in [0.05, 0.1) is 16.2 Å². The number of hydrogen-bond donors (Lipinski definition) is 2. The first-order chi connectivity index (χ1) is 19.8. The molecule has 0 aliphatic heterocycles. The summed E-state index contributed by atoms with van der Waals surface area (Å²) in [6.07, 6.45) is 4.21. The van der Waals surface area contributed by atoms with Crippen LogP contribution in [0.3, 0.4) is 0 Å². The molecule has 9 nitrogen and oxygen atoms in total. The van der Waals surface area contributed by atoms with Crippen LogP contribution in [0.4, 0.5) is 10.8 Å². The van der Waals surface area contributed by atoms with Gasteiger partial charge < -0.3 is 10.6 Å². The van der Waals surface area contributed by atoms with Crippen molar-refractivity contribution in [3.8, 4) is 0 Å². The summed E-state index contributed by atoms with van der Waals surface area (Å²) in [5.74, 6) is -1.03. The summed E-state index contributed by atoms with van der Waals surface area (Å²) in [7, 11) is -7.08. The summed E-state index contributed by atoms with van der Waals surface area (Å²) in [5.41, 5.74) is 1.64. The number of fused-ring (bicyclic) bond motifs is 2. The van der Waals surface area contributed by atoms with Gasteiger partial charge in [-0.3, -0.25) is 9.59 Å². The SMILES string of the molecule is CC(C)S(=O)(=O)C(C)(C)C(=O)Nc1ccc2ccccc2c1.CC(C)S(=O)(=O)C(C)(C)C(=O)Nc1nc2c(s1)CCCC2.